The molecule has 3 aromatic rings. The lowest BCUT2D eigenvalue weighted by molar-refractivity contribution is -0.133. The van der Waals surface area contributed by atoms with Gasteiger partial charge in [0.1, 0.15) is 17.9 Å². The first-order chi connectivity index (χ1) is 15.1. The first kappa shape index (κ1) is 21.0. The number of nitrogens with one attached hydrogen (secondary N) is 1. The zero-order chi connectivity index (χ0) is 21.6. The van der Waals surface area contributed by atoms with Gasteiger partial charge in [0.2, 0.25) is 11.8 Å². The van der Waals surface area contributed by atoms with Gasteiger partial charge in [0.15, 0.2) is 0 Å². The van der Waals surface area contributed by atoms with Crippen LogP contribution >= 0.6 is 0 Å². The summed E-state index contributed by atoms with van der Waals surface area (Å²) in [6, 6.07) is 14.2. The molecule has 0 atom stereocenters. The van der Waals surface area contributed by atoms with E-state index in [9.17, 15) is 14.0 Å². The third kappa shape index (κ3) is 5.25. The van der Waals surface area contributed by atoms with Crippen molar-refractivity contribution < 1.29 is 14.0 Å². The summed E-state index contributed by atoms with van der Waals surface area (Å²) in [5, 5.41) is 11.1. The number of piperidine rings is 1. The van der Waals surface area contributed by atoms with Crippen LogP contribution in [-0.2, 0) is 22.6 Å². The quantitative estimate of drug-likeness (QED) is 0.633. The van der Waals surface area contributed by atoms with Gasteiger partial charge >= 0.3 is 0 Å². The summed E-state index contributed by atoms with van der Waals surface area (Å²) in [5.41, 5.74) is 2.22. The van der Waals surface area contributed by atoms with Crippen molar-refractivity contribution in [3.63, 3.8) is 0 Å². The van der Waals surface area contributed by atoms with Crippen LogP contribution in [0.2, 0.25) is 0 Å². The van der Waals surface area contributed by atoms with Crippen molar-refractivity contribution in [2.75, 3.05) is 19.6 Å². The van der Waals surface area contributed by atoms with Gasteiger partial charge in [0, 0.05) is 26.1 Å². The Labute approximate surface area is 180 Å². The van der Waals surface area contributed by atoms with Gasteiger partial charge in [-0.3, -0.25) is 9.59 Å². The summed E-state index contributed by atoms with van der Waals surface area (Å²) in [6.07, 6.45) is 2.50. The first-order valence-corrected chi connectivity index (χ1v) is 10.7. The van der Waals surface area contributed by atoms with Crippen LogP contribution in [0.25, 0.3) is 11.0 Å². The zero-order valence-corrected chi connectivity index (χ0v) is 17.3. The molecule has 2 aromatic carbocycles. The van der Waals surface area contributed by atoms with Crippen LogP contribution in [0.5, 0.6) is 0 Å². The Morgan fingerprint density at radius 1 is 1.06 bits per heavy atom. The number of nitrogens with zero attached hydrogens (tertiary/aromatic N) is 4. The van der Waals surface area contributed by atoms with Gasteiger partial charge in [0.25, 0.3) is 0 Å². The molecule has 1 N–H and O–H groups in total. The van der Waals surface area contributed by atoms with Crippen LogP contribution in [0, 0.1) is 11.7 Å². The third-order valence-corrected chi connectivity index (χ3v) is 5.82. The van der Waals surface area contributed by atoms with E-state index in [1.807, 2.05) is 29.2 Å². The molecule has 0 radical (unpaired) electrons. The summed E-state index contributed by atoms with van der Waals surface area (Å²) in [7, 11) is 0. The number of likely N-dealkylation sites (tertiary alicyclic amines) is 1. The molecular weight excluding hydrogens is 397 g/mol. The van der Waals surface area contributed by atoms with Crippen LogP contribution in [0.15, 0.2) is 48.5 Å². The minimum absolute atomic E-state index is 0.0171. The number of carbonyl (C=O) groups excluding carboxylic acids is 2. The number of para-hydroxylation sites is 1. The number of amides is 2. The van der Waals surface area contributed by atoms with Crippen molar-refractivity contribution in [2.24, 2.45) is 5.92 Å². The highest BCUT2D eigenvalue weighted by atomic mass is 19.1. The molecule has 7 nitrogen and oxygen atoms in total. The van der Waals surface area contributed by atoms with E-state index in [4.69, 9.17) is 0 Å². The number of benzene rings is 2. The van der Waals surface area contributed by atoms with Gasteiger partial charge < -0.3 is 10.2 Å². The Morgan fingerprint density at radius 2 is 1.81 bits per heavy atom. The van der Waals surface area contributed by atoms with E-state index in [2.05, 4.69) is 15.6 Å². The lowest BCUT2D eigenvalue weighted by Gasteiger charge is -2.31. The number of rotatable bonds is 7. The van der Waals surface area contributed by atoms with E-state index >= 15 is 0 Å². The summed E-state index contributed by atoms with van der Waals surface area (Å²) in [4.78, 5) is 26.7. The van der Waals surface area contributed by atoms with E-state index < -0.39 is 0 Å². The molecule has 8 heteroatoms. The Bertz CT molecular complexity index is 1060. The maximum atomic E-state index is 13.6. The van der Waals surface area contributed by atoms with Gasteiger partial charge in [-0.15, -0.1) is 5.10 Å². The largest absolute Gasteiger partial charge is 0.356 e. The predicted molar refractivity (Wildman–Crippen MR) is 115 cm³/mol. The monoisotopic (exact) mass is 423 g/mol. The van der Waals surface area contributed by atoms with E-state index in [0.717, 1.165) is 23.9 Å². The lowest BCUT2D eigenvalue weighted by atomic mass is 9.93. The second-order valence-electron chi connectivity index (χ2n) is 7.96. The molecule has 162 valence electrons. The summed E-state index contributed by atoms with van der Waals surface area (Å²) in [5.74, 6) is 0.0102. The molecule has 1 aromatic heterocycles. The number of hydrogen-bond acceptors (Lipinski definition) is 4. The highest BCUT2D eigenvalue weighted by Crippen LogP contribution is 2.21. The second-order valence-corrected chi connectivity index (χ2v) is 7.96. The molecule has 0 spiro atoms. The highest BCUT2D eigenvalue weighted by Gasteiger charge is 2.25. The van der Waals surface area contributed by atoms with E-state index in [1.54, 1.807) is 22.9 Å². The van der Waals surface area contributed by atoms with Crippen molar-refractivity contribution in [1.82, 2.24) is 25.2 Å². The number of halogens is 1. The molecule has 1 fully saturated rings. The Hall–Kier alpha value is -3.29. The average molecular weight is 423 g/mol. The molecule has 0 saturated carbocycles. The van der Waals surface area contributed by atoms with Crippen molar-refractivity contribution in [2.45, 2.75) is 32.2 Å². The lowest BCUT2D eigenvalue weighted by Crippen LogP contribution is -2.41. The third-order valence-electron chi connectivity index (χ3n) is 5.82. The molecule has 1 aliphatic heterocycles. The second kappa shape index (κ2) is 9.68. The average Bonchev–Trinajstić information content (AvgIpc) is 3.18. The summed E-state index contributed by atoms with van der Waals surface area (Å²) >= 11 is 0. The van der Waals surface area contributed by atoms with Crippen molar-refractivity contribution in [3.8, 4) is 0 Å². The molecule has 0 bridgehead atoms. The number of aromatic nitrogens is 3. The van der Waals surface area contributed by atoms with Crippen LogP contribution < -0.4 is 5.32 Å². The van der Waals surface area contributed by atoms with Gasteiger partial charge in [-0.1, -0.05) is 35.5 Å². The normalized spacial score (nSPS) is 14.7. The van der Waals surface area contributed by atoms with Crippen LogP contribution in [0.1, 0.15) is 24.8 Å². The molecule has 31 heavy (non-hydrogen) atoms. The molecule has 2 heterocycles. The molecule has 1 aliphatic rings. The first-order valence-electron chi connectivity index (χ1n) is 10.7. The standard InChI is InChI=1S/C23H26FN5O2/c24-19-6-2-1-5-18(19)9-12-25-22(30)15-17-10-13-28(14-11-17)23(31)16-29-21-8-4-3-7-20(21)26-27-29/h1-8,17H,9-16H2,(H,25,30). The molecular formula is C23H26FN5O2. The minimum atomic E-state index is -0.243. The molecule has 0 unspecified atom stereocenters. The fraction of sp³-hybridized carbons (Fsp3) is 0.391. The number of carbonyl (C=O) groups is 2. The van der Waals surface area contributed by atoms with Gasteiger partial charge in [-0.05, 0) is 48.9 Å². The zero-order valence-electron chi connectivity index (χ0n) is 17.3. The van der Waals surface area contributed by atoms with Crippen LogP contribution in [0.3, 0.4) is 0 Å². The van der Waals surface area contributed by atoms with Gasteiger partial charge in [-0.25, -0.2) is 9.07 Å². The van der Waals surface area contributed by atoms with Crippen molar-refractivity contribution in [1.29, 1.82) is 0 Å². The van der Waals surface area contributed by atoms with Crippen molar-refractivity contribution >= 4 is 22.8 Å². The molecule has 0 aliphatic carbocycles. The van der Waals surface area contributed by atoms with E-state index in [0.29, 0.717) is 38.0 Å². The van der Waals surface area contributed by atoms with Crippen LogP contribution in [-0.4, -0.2) is 51.3 Å². The summed E-state index contributed by atoms with van der Waals surface area (Å²) < 4.78 is 15.3. The number of fused-ring (bicyclic) bond motifs is 1. The van der Waals surface area contributed by atoms with Crippen LogP contribution in [0.4, 0.5) is 4.39 Å². The topological polar surface area (TPSA) is 80.1 Å². The van der Waals surface area contributed by atoms with Gasteiger partial charge in [-0.2, -0.15) is 0 Å². The van der Waals surface area contributed by atoms with E-state index in [-0.39, 0.29) is 30.1 Å². The SMILES string of the molecule is O=C(CC1CCN(C(=O)Cn2nnc3ccccc32)CC1)NCCc1ccccc1F. The summed E-state index contributed by atoms with van der Waals surface area (Å²) in [6.45, 7) is 1.86. The maximum Gasteiger partial charge on any atom is 0.244 e. The van der Waals surface area contributed by atoms with Crippen molar-refractivity contribution in [3.05, 3.63) is 59.9 Å². The van der Waals surface area contributed by atoms with E-state index in [1.165, 1.54) is 6.07 Å². The van der Waals surface area contributed by atoms with Gasteiger partial charge in [0.05, 0.1) is 5.52 Å². The predicted octanol–water partition coefficient (Wildman–Crippen LogP) is 2.56. The number of hydrogen-bond donors (Lipinski definition) is 1. The Kier molecular flexibility index (Phi) is 6.54. The maximum absolute atomic E-state index is 13.6. The fourth-order valence-electron chi connectivity index (χ4n) is 4.02. The Balaban J connectivity index is 1.19. The Morgan fingerprint density at radius 3 is 2.61 bits per heavy atom. The highest BCUT2D eigenvalue weighted by molar-refractivity contribution is 5.80. The molecule has 1 saturated heterocycles. The fourth-order valence-corrected chi connectivity index (χ4v) is 4.02. The molecule has 4 rings (SSSR count). The smallest absolute Gasteiger partial charge is 0.244 e. The molecule has 2 amide bonds. The minimum Gasteiger partial charge on any atom is -0.356 e.